The van der Waals surface area contributed by atoms with Gasteiger partial charge in [-0.25, -0.2) is 0 Å². The maximum atomic E-state index is 11.6. The van der Waals surface area contributed by atoms with Crippen LogP contribution in [0.15, 0.2) is 30.3 Å². The van der Waals surface area contributed by atoms with Gasteiger partial charge in [0, 0.05) is 24.9 Å². The van der Waals surface area contributed by atoms with Crippen molar-refractivity contribution >= 4 is 16.7 Å². The Kier molecular flexibility index (Phi) is 3.69. The highest BCUT2D eigenvalue weighted by Crippen LogP contribution is 2.36. The Labute approximate surface area is 124 Å². The molecule has 1 amide bonds. The molecule has 1 N–H and O–H groups in total. The molecule has 3 rings (SSSR count). The van der Waals surface area contributed by atoms with Gasteiger partial charge in [-0.05, 0) is 35.4 Å². The number of hydrogen-bond acceptors (Lipinski definition) is 3. The Morgan fingerprint density at radius 2 is 2.19 bits per heavy atom. The quantitative estimate of drug-likeness (QED) is 0.942. The summed E-state index contributed by atoms with van der Waals surface area (Å²) in [4.78, 5) is 11.6. The third-order valence-electron chi connectivity index (χ3n) is 4.02. The lowest BCUT2D eigenvalue weighted by molar-refractivity contribution is -0.121. The van der Waals surface area contributed by atoms with Gasteiger partial charge >= 0.3 is 0 Å². The van der Waals surface area contributed by atoms with Crippen LogP contribution >= 0.6 is 0 Å². The number of ether oxygens (including phenoxy) is 2. The first-order valence-corrected chi connectivity index (χ1v) is 7.14. The fraction of sp³-hybridized carbons (Fsp3) is 0.353. The molecule has 1 unspecified atom stereocenters. The van der Waals surface area contributed by atoms with Gasteiger partial charge in [0.15, 0.2) is 0 Å². The Morgan fingerprint density at radius 3 is 2.95 bits per heavy atom. The van der Waals surface area contributed by atoms with Gasteiger partial charge in [-0.1, -0.05) is 12.1 Å². The monoisotopic (exact) mass is 285 g/mol. The predicted octanol–water partition coefficient (Wildman–Crippen LogP) is 2.54. The lowest BCUT2D eigenvalue weighted by Crippen LogP contribution is -2.28. The van der Waals surface area contributed by atoms with E-state index < -0.39 is 0 Å². The number of carbonyl (C=O) groups excluding carboxylic acids is 1. The first-order chi connectivity index (χ1) is 10.2. The van der Waals surface area contributed by atoms with Crippen molar-refractivity contribution in [3.05, 3.63) is 35.9 Å². The van der Waals surface area contributed by atoms with E-state index in [-0.39, 0.29) is 11.8 Å². The van der Waals surface area contributed by atoms with Crippen molar-refractivity contribution in [3.63, 3.8) is 0 Å². The first-order valence-electron chi connectivity index (χ1n) is 7.14. The van der Waals surface area contributed by atoms with E-state index in [2.05, 4.69) is 17.4 Å². The summed E-state index contributed by atoms with van der Waals surface area (Å²) in [5.41, 5.74) is 1.17. The summed E-state index contributed by atoms with van der Waals surface area (Å²) in [5.74, 6) is 2.03. The minimum atomic E-state index is 0.0601. The lowest BCUT2D eigenvalue weighted by atomic mass is 9.90. The SMILES string of the molecule is CNC(=O)CC1COc2ccc3ccc(OC)cc3c2C1. The van der Waals surface area contributed by atoms with Crippen LogP contribution in [0.1, 0.15) is 12.0 Å². The fourth-order valence-electron chi connectivity index (χ4n) is 2.86. The third-order valence-corrected chi connectivity index (χ3v) is 4.02. The van der Waals surface area contributed by atoms with Gasteiger partial charge in [0.05, 0.1) is 13.7 Å². The van der Waals surface area contributed by atoms with Crippen molar-refractivity contribution in [2.45, 2.75) is 12.8 Å². The number of fused-ring (bicyclic) bond motifs is 3. The molecule has 0 fully saturated rings. The largest absolute Gasteiger partial charge is 0.497 e. The van der Waals surface area contributed by atoms with Crippen LogP contribution in [0.3, 0.4) is 0 Å². The second kappa shape index (κ2) is 5.64. The average molecular weight is 285 g/mol. The van der Waals surface area contributed by atoms with Crippen LogP contribution in [0.4, 0.5) is 0 Å². The van der Waals surface area contributed by atoms with Crippen LogP contribution < -0.4 is 14.8 Å². The number of hydrogen-bond donors (Lipinski definition) is 1. The van der Waals surface area contributed by atoms with Gasteiger partial charge in [-0.3, -0.25) is 4.79 Å². The molecule has 2 aromatic rings. The smallest absolute Gasteiger partial charge is 0.220 e. The van der Waals surface area contributed by atoms with Crippen LogP contribution in [0, 0.1) is 5.92 Å². The van der Waals surface area contributed by atoms with Crippen LogP contribution in [-0.2, 0) is 11.2 Å². The van der Waals surface area contributed by atoms with Crippen LogP contribution in [0.25, 0.3) is 10.8 Å². The third kappa shape index (κ3) is 2.66. The number of rotatable bonds is 3. The standard InChI is InChI=1S/C17H19NO3/c1-18-17(19)8-11-7-15-14-9-13(20-2)5-3-12(14)4-6-16(15)21-10-11/h3-6,9,11H,7-8,10H2,1-2H3,(H,18,19). The highest BCUT2D eigenvalue weighted by Gasteiger charge is 2.23. The molecule has 0 saturated heterocycles. The number of methoxy groups -OCH3 is 1. The van der Waals surface area contributed by atoms with Crippen LogP contribution in [0.2, 0.25) is 0 Å². The van der Waals surface area contributed by atoms with Crippen molar-refractivity contribution < 1.29 is 14.3 Å². The summed E-state index contributed by atoms with van der Waals surface area (Å²) in [6.07, 6.45) is 1.35. The van der Waals surface area contributed by atoms with Gasteiger partial charge in [-0.2, -0.15) is 0 Å². The summed E-state index contributed by atoms with van der Waals surface area (Å²) < 4.78 is 11.2. The second-order valence-corrected chi connectivity index (χ2v) is 5.39. The van der Waals surface area contributed by atoms with Gasteiger partial charge in [-0.15, -0.1) is 0 Å². The van der Waals surface area contributed by atoms with Gasteiger partial charge in [0.2, 0.25) is 5.91 Å². The van der Waals surface area contributed by atoms with Crippen LogP contribution in [0.5, 0.6) is 11.5 Å². The molecule has 110 valence electrons. The molecule has 2 aromatic carbocycles. The first kappa shape index (κ1) is 13.7. The van der Waals surface area contributed by atoms with Crippen molar-refractivity contribution in [3.8, 4) is 11.5 Å². The van der Waals surface area contributed by atoms with Crippen molar-refractivity contribution in [2.75, 3.05) is 20.8 Å². The highest BCUT2D eigenvalue weighted by atomic mass is 16.5. The summed E-state index contributed by atoms with van der Waals surface area (Å²) in [7, 11) is 3.33. The summed E-state index contributed by atoms with van der Waals surface area (Å²) in [6, 6.07) is 10.1. The number of carbonyl (C=O) groups is 1. The minimum Gasteiger partial charge on any atom is -0.497 e. The molecule has 0 spiro atoms. The fourth-order valence-corrected chi connectivity index (χ4v) is 2.86. The average Bonchev–Trinajstić information content (AvgIpc) is 2.54. The maximum Gasteiger partial charge on any atom is 0.220 e. The molecule has 1 aliphatic heterocycles. The zero-order valence-corrected chi connectivity index (χ0v) is 12.3. The Bertz CT molecular complexity index is 676. The Morgan fingerprint density at radius 1 is 1.38 bits per heavy atom. The summed E-state index contributed by atoms with van der Waals surface area (Å²) >= 11 is 0. The molecular weight excluding hydrogens is 266 g/mol. The molecule has 1 atom stereocenters. The molecule has 21 heavy (non-hydrogen) atoms. The van der Waals surface area contributed by atoms with E-state index in [0.717, 1.165) is 23.3 Å². The van der Waals surface area contributed by atoms with Crippen molar-refractivity contribution in [2.24, 2.45) is 5.92 Å². The molecule has 0 saturated carbocycles. The number of amides is 1. The van der Waals surface area contributed by atoms with E-state index in [1.54, 1.807) is 14.2 Å². The van der Waals surface area contributed by atoms with Crippen molar-refractivity contribution in [1.82, 2.24) is 5.32 Å². The van der Waals surface area contributed by atoms with E-state index >= 15 is 0 Å². The molecule has 1 heterocycles. The normalized spacial score (nSPS) is 17.0. The van der Waals surface area contributed by atoms with E-state index in [1.165, 1.54) is 10.9 Å². The Hall–Kier alpha value is -2.23. The van der Waals surface area contributed by atoms with E-state index in [1.807, 2.05) is 18.2 Å². The minimum absolute atomic E-state index is 0.0601. The molecule has 4 heteroatoms. The topological polar surface area (TPSA) is 47.6 Å². The maximum absolute atomic E-state index is 11.6. The molecule has 0 radical (unpaired) electrons. The van der Waals surface area contributed by atoms with Crippen molar-refractivity contribution in [1.29, 1.82) is 0 Å². The van der Waals surface area contributed by atoms with Gasteiger partial charge in [0.1, 0.15) is 11.5 Å². The van der Waals surface area contributed by atoms with Gasteiger partial charge < -0.3 is 14.8 Å². The van der Waals surface area contributed by atoms with E-state index in [0.29, 0.717) is 13.0 Å². The molecule has 0 bridgehead atoms. The van der Waals surface area contributed by atoms with Crippen LogP contribution in [-0.4, -0.2) is 26.7 Å². The lowest BCUT2D eigenvalue weighted by Gasteiger charge is -2.26. The predicted molar refractivity (Wildman–Crippen MR) is 81.9 cm³/mol. The van der Waals surface area contributed by atoms with E-state index in [9.17, 15) is 4.79 Å². The molecule has 1 aliphatic rings. The molecule has 0 aliphatic carbocycles. The zero-order chi connectivity index (χ0) is 14.8. The number of nitrogens with one attached hydrogen (secondary N) is 1. The molecule has 4 nitrogen and oxygen atoms in total. The summed E-state index contributed by atoms with van der Waals surface area (Å²) in [6.45, 7) is 0.593. The second-order valence-electron chi connectivity index (χ2n) is 5.39. The number of benzene rings is 2. The van der Waals surface area contributed by atoms with E-state index in [4.69, 9.17) is 9.47 Å². The summed E-state index contributed by atoms with van der Waals surface area (Å²) in [5, 5.41) is 4.99. The Balaban J connectivity index is 1.98. The molecule has 0 aromatic heterocycles. The van der Waals surface area contributed by atoms with Gasteiger partial charge in [0.25, 0.3) is 0 Å². The molecular formula is C17H19NO3. The zero-order valence-electron chi connectivity index (χ0n) is 12.3. The highest BCUT2D eigenvalue weighted by molar-refractivity contribution is 5.89.